The average molecular weight is 330 g/mol. The van der Waals surface area contributed by atoms with Crippen molar-refractivity contribution in [3.05, 3.63) is 64.6 Å². The highest BCUT2D eigenvalue weighted by atomic mass is 79.9. The molecule has 1 heterocycles. The van der Waals surface area contributed by atoms with Gasteiger partial charge in [0.05, 0.1) is 12.1 Å². The van der Waals surface area contributed by atoms with Gasteiger partial charge in [0.2, 0.25) is 0 Å². The van der Waals surface area contributed by atoms with Crippen molar-refractivity contribution in [2.75, 3.05) is 11.4 Å². The molecule has 1 aliphatic heterocycles. The number of para-hydroxylation sites is 1. The molecule has 102 valence electrons. The molecule has 20 heavy (non-hydrogen) atoms. The zero-order valence-electron chi connectivity index (χ0n) is 11.3. The molecule has 4 heteroatoms. The van der Waals surface area contributed by atoms with E-state index in [9.17, 15) is 0 Å². The number of nitrogens with zero attached hydrogens (tertiary/aromatic N) is 2. The topological polar surface area (TPSA) is 41.6 Å². The number of halogens is 1. The summed E-state index contributed by atoms with van der Waals surface area (Å²) in [5.74, 6) is 0.564. The van der Waals surface area contributed by atoms with Gasteiger partial charge in [-0.15, -0.1) is 0 Å². The Morgan fingerprint density at radius 2 is 1.75 bits per heavy atom. The molecular formula is C16H16BrN3. The van der Waals surface area contributed by atoms with E-state index in [0.717, 1.165) is 10.2 Å². The van der Waals surface area contributed by atoms with Gasteiger partial charge in [-0.1, -0.05) is 52.3 Å². The molecule has 0 bridgehead atoms. The zero-order valence-corrected chi connectivity index (χ0v) is 12.8. The highest BCUT2D eigenvalue weighted by Gasteiger charge is 2.41. The quantitative estimate of drug-likeness (QED) is 0.916. The van der Waals surface area contributed by atoms with Crippen molar-refractivity contribution in [3.8, 4) is 0 Å². The summed E-state index contributed by atoms with van der Waals surface area (Å²) in [6, 6.07) is 18.4. The molecule has 2 N–H and O–H groups in total. The van der Waals surface area contributed by atoms with Crippen molar-refractivity contribution in [1.82, 2.24) is 0 Å². The van der Waals surface area contributed by atoms with E-state index in [0.29, 0.717) is 12.5 Å². The molecule has 2 aromatic carbocycles. The second-order valence-corrected chi connectivity index (χ2v) is 5.95. The van der Waals surface area contributed by atoms with Crippen molar-refractivity contribution in [2.45, 2.75) is 12.5 Å². The standard InChI is InChI=1S/C16H16BrN3/c1-16(13-9-5-6-10-14(13)17)11-19-15(18)20(16)12-7-3-2-4-8-12/h2-10H,11H2,1H3,(H2,18,19). The van der Waals surface area contributed by atoms with Gasteiger partial charge in [0, 0.05) is 10.2 Å². The first-order chi connectivity index (χ1) is 9.63. The number of hydrogen-bond donors (Lipinski definition) is 1. The van der Waals surface area contributed by atoms with E-state index in [-0.39, 0.29) is 5.54 Å². The van der Waals surface area contributed by atoms with Gasteiger partial charge in [-0.05, 0) is 30.7 Å². The van der Waals surface area contributed by atoms with E-state index in [4.69, 9.17) is 5.73 Å². The van der Waals surface area contributed by atoms with Crippen LogP contribution in [0, 0.1) is 0 Å². The molecule has 0 spiro atoms. The van der Waals surface area contributed by atoms with Crippen LogP contribution in [0.3, 0.4) is 0 Å². The summed E-state index contributed by atoms with van der Waals surface area (Å²) < 4.78 is 1.08. The maximum absolute atomic E-state index is 6.13. The molecule has 3 rings (SSSR count). The summed E-state index contributed by atoms with van der Waals surface area (Å²) in [7, 11) is 0. The molecule has 0 aromatic heterocycles. The van der Waals surface area contributed by atoms with E-state index < -0.39 is 0 Å². The monoisotopic (exact) mass is 329 g/mol. The lowest BCUT2D eigenvalue weighted by Crippen LogP contribution is -2.47. The van der Waals surface area contributed by atoms with E-state index in [2.05, 4.69) is 57.0 Å². The van der Waals surface area contributed by atoms with Gasteiger partial charge < -0.3 is 10.6 Å². The summed E-state index contributed by atoms with van der Waals surface area (Å²) in [6.45, 7) is 2.82. The smallest absolute Gasteiger partial charge is 0.196 e. The maximum Gasteiger partial charge on any atom is 0.196 e. The number of anilines is 1. The maximum atomic E-state index is 6.13. The molecule has 1 atom stereocenters. The first kappa shape index (κ1) is 13.2. The number of benzene rings is 2. The fourth-order valence-electron chi connectivity index (χ4n) is 2.73. The largest absolute Gasteiger partial charge is 0.369 e. The summed E-state index contributed by atoms with van der Waals surface area (Å²) in [5.41, 5.74) is 8.11. The SMILES string of the molecule is CC1(c2ccccc2Br)CN=C(N)N1c1ccccc1. The first-order valence-electron chi connectivity index (χ1n) is 6.53. The molecule has 0 saturated heterocycles. The Balaban J connectivity index is 2.12. The van der Waals surface area contributed by atoms with E-state index in [1.54, 1.807) is 0 Å². The molecule has 0 aliphatic carbocycles. The van der Waals surface area contributed by atoms with Crippen LogP contribution in [0.2, 0.25) is 0 Å². The van der Waals surface area contributed by atoms with Gasteiger partial charge in [0.25, 0.3) is 0 Å². The van der Waals surface area contributed by atoms with Crippen LogP contribution in [-0.4, -0.2) is 12.5 Å². The Labute approximate surface area is 127 Å². The van der Waals surface area contributed by atoms with E-state index in [1.807, 2.05) is 30.3 Å². The van der Waals surface area contributed by atoms with Crippen LogP contribution in [0.15, 0.2) is 64.1 Å². The van der Waals surface area contributed by atoms with Crippen LogP contribution in [0.5, 0.6) is 0 Å². The molecule has 0 fully saturated rings. The van der Waals surface area contributed by atoms with Gasteiger partial charge in [-0.25, -0.2) is 0 Å². The number of aliphatic imine (C=N–C) groups is 1. The Bertz CT molecular complexity index is 654. The van der Waals surface area contributed by atoms with Crippen molar-refractivity contribution in [3.63, 3.8) is 0 Å². The van der Waals surface area contributed by atoms with Gasteiger partial charge in [0.15, 0.2) is 5.96 Å². The molecule has 2 aromatic rings. The van der Waals surface area contributed by atoms with Gasteiger partial charge in [-0.3, -0.25) is 4.99 Å². The zero-order chi connectivity index (χ0) is 14.2. The molecule has 0 amide bonds. The van der Waals surface area contributed by atoms with Crippen LogP contribution >= 0.6 is 15.9 Å². The van der Waals surface area contributed by atoms with Gasteiger partial charge >= 0.3 is 0 Å². The number of guanidine groups is 1. The lowest BCUT2D eigenvalue weighted by Gasteiger charge is -2.37. The van der Waals surface area contributed by atoms with Crippen molar-refractivity contribution >= 4 is 27.6 Å². The minimum atomic E-state index is -0.272. The summed E-state index contributed by atoms with van der Waals surface area (Å²) in [6.07, 6.45) is 0. The van der Waals surface area contributed by atoms with Crippen LogP contribution in [0.1, 0.15) is 12.5 Å². The van der Waals surface area contributed by atoms with Gasteiger partial charge in [-0.2, -0.15) is 0 Å². The third kappa shape index (κ3) is 2.00. The second-order valence-electron chi connectivity index (χ2n) is 5.10. The molecule has 0 saturated carbocycles. The summed E-state index contributed by atoms with van der Waals surface area (Å²) >= 11 is 3.64. The lowest BCUT2D eigenvalue weighted by molar-refractivity contribution is 0.530. The second kappa shape index (κ2) is 4.94. The Hall–Kier alpha value is -1.81. The summed E-state index contributed by atoms with van der Waals surface area (Å²) in [5, 5.41) is 0. The van der Waals surface area contributed by atoms with Crippen LogP contribution in [0.25, 0.3) is 0 Å². The Morgan fingerprint density at radius 1 is 1.10 bits per heavy atom. The van der Waals surface area contributed by atoms with E-state index in [1.165, 1.54) is 5.56 Å². The first-order valence-corrected chi connectivity index (χ1v) is 7.32. The third-order valence-corrected chi connectivity index (χ3v) is 4.43. The highest BCUT2D eigenvalue weighted by molar-refractivity contribution is 9.10. The van der Waals surface area contributed by atoms with Gasteiger partial charge in [0.1, 0.15) is 0 Å². The number of nitrogens with two attached hydrogens (primary N) is 1. The van der Waals surface area contributed by atoms with Crippen molar-refractivity contribution in [1.29, 1.82) is 0 Å². The summed E-state index contributed by atoms with van der Waals surface area (Å²) in [4.78, 5) is 6.57. The molecule has 1 aliphatic rings. The minimum absolute atomic E-state index is 0.272. The molecule has 1 unspecified atom stereocenters. The predicted molar refractivity (Wildman–Crippen MR) is 86.9 cm³/mol. The molecule has 3 nitrogen and oxygen atoms in total. The average Bonchev–Trinajstić information content (AvgIpc) is 2.77. The fourth-order valence-corrected chi connectivity index (χ4v) is 3.44. The van der Waals surface area contributed by atoms with Crippen molar-refractivity contribution in [2.24, 2.45) is 10.7 Å². The van der Waals surface area contributed by atoms with Crippen LogP contribution in [-0.2, 0) is 5.54 Å². The Morgan fingerprint density at radius 3 is 2.45 bits per heavy atom. The fraction of sp³-hybridized carbons (Fsp3) is 0.188. The number of hydrogen-bond acceptors (Lipinski definition) is 3. The lowest BCUT2D eigenvalue weighted by atomic mass is 9.90. The highest BCUT2D eigenvalue weighted by Crippen LogP contribution is 2.39. The Kier molecular flexibility index (Phi) is 3.26. The van der Waals surface area contributed by atoms with E-state index >= 15 is 0 Å². The molecule has 0 radical (unpaired) electrons. The van der Waals surface area contributed by atoms with Crippen molar-refractivity contribution < 1.29 is 0 Å². The molecular weight excluding hydrogens is 314 g/mol. The minimum Gasteiger partial charge on any atom is -0.369 e. The van der Waals surface area contributed by atoms with Crippen LogP contribution in [0.4, 0.5) is 5.69 Å². The van der Waals surface area contributed by atoms with Crippen LogP contribution < -0.4 is 10.6 Å². The normalized spacial score (nSPS) is 21.9. The number of rotatable bonds is 2. The predicted octanol–water partition coefficient (Wildman–Crippen LogP) is 3.50. The third-order valence-electron chi connectivity index (χ3n) is 3.74.